The van der Waals surface area contributed by atoms with Gasteiger partial charge in [-0.3, -0.25) is 10.1 Å². The predicted octanol–water partition coefficient (Wildman–Crippen LogP) is 6.14. The zero-order valence-corrected chi connectivity index (χ0v) is 21.4. The van der Waals surface area contributed by atoms with Crippen molar-refractivity contribution in [2.24, 2.45) is 5.10 Å². The number of hydrogen-bond acceptors (Lipinski definition) is 9. The quantitative estimate of drug-likeness (QED) is 0.150. The standard InChI is InChI=1S/C24H29BrN8O2/c1-3-5-14-32(15-6-4-2)24-29-22(27-20-10-12-21(13-11-20)33(34)35)28-23(30-24)31-26-17-18-8-7-9-19(25)16-18/h7-13,16-17H,3-6,14-15H2,1-2H3,(H2,27,28,29,30,31). The van der Waals surface area contributed by atoms with Gasteiger partial charge in [-0.25, -0.2) is 5.43 Å². The third-order valence-corrected chi connectivity index (χ3v) is 5.52. The molecule has 10 nitrogen and oxygen atoms in total. The smallest absolute Gasteiger partial charge is 0.269 e. The highest BCUT2D eigenvalue weighted by atomic mass is 79.9. The highest BCUT2D eigenvalue weighted by Crippen LogP contribution is 2.21. The molecule has 2 aromatic carbocycles. The number of rotatable bonds is 13. The van der Waals surface area contributed by atoms with Crippen LogP contribution in [-0.4, -0.2) is 39.2 Å². The van der Waals surface area contributed by atoms with Crippen molar-refractivity contribution in [1.82, 2.24) is 15.0 Å². The summed E-state index contributed by atoms with van der Waals surface area (Å²) in [4.78, 5) is 26.4. The highest BCUT2D eigenvalue weighted by molar-refractivity contribution is 9.10. The first-order chi connectivity index (χ1) is 17.0. The lowest BCUT2D eigenvalue weighted by Crippen LogP contribution is -2.28. The van der Waals surface area contributed by atoms with Crippen molar-refractivity contribution in [2.45, 2.75) is 39.5 Å². The fraction of sp³-hybridized carbons (Fsp3) is 0.333. The van der Waals surface area contributed by atoms with Gasteiger partial charge in [0, 0.05) is 35.4 Å². The molecular weight excluding hydrogens is 512 g/mol. The molecule has 11 heteroatoms. The summed E-state index contributed by atoms with van der Waals surface area (Å²) in [5.41, 5.74) is 4.47. The summed E-state index contributed by atoms with van der Waals surface area (Å²) in [5, 5.41) is 18.4. The number of nitrogens with zero attached hydrogens (tertiary/aromatic N) is 6. The SMILES string of the molecule is CCCCN(CCCC)c1nc(NN=Cc2cccc(Br)c2)nc(Nc2ccc([N+](=O)[O-])cc2)n1. The summed E-state index contributed by atoms with van der Waals surface area (Å²) in [5.74, 6) is 1.16. The molecule has 3 rings (SSSR count). The van der Waals surface area contributed by atoms with Crippen LogP contribution in [0.3, 0.4) is 0 Å². The highest BCUT2D eigenvalue weighted by Gasteiger charge is 2.14. The Morgan fingerprint density at radius 2 is 1.71 bits per heavy atom. The number of anilines is 4. The maximum Gasteiger partial charge on any atom is 0.269 e. The molecule has 0 atom stereocenters. The van der Waals surface area contributed by atoms with Crippen LogP contribution in [0.1, 0.15) is 45.1 Å². The third-order valence-electron chi connectivity index (χ3n) is 5.03. The number of nitro benzene ring substituents is 1. The second kappa shape index (κ2) is 13.3. The minimum absolute atomic E-state index is 0.0152. The number of nitro groups is 1. The average molecular weight is 541 g/mol. The Kier molecular flexibility index (Phi) is 9.91. The molecule has 0 amide bonds. The summed E-state index contributed by atoms with van der Waals surface area (Å²) in [6.45, 7) is 5.96. The van der Waals surface area contributed by atoms with Crippen molar-refractivity contribution in [3.05, 3.63) is 68.7 Å². The van der Waals surface area contributed by atoms with E-state index in [1.54, 1.807) is 18.3 Å². The van der Waals surface area contributed by atoms with Gasteiger partial charge in [-0.2, -0.15) is 20.1 Å². The van der Waals surface area contributed by atoms with Crippen molar-refractivity contribution < 1.29 is 4.92 Å². The van der Waals surface area contributed by atoms with Gasteiger partial charge in [-0.1, -0.05) is 54.8 Å². The van der Waals surface area contributed by atoms with Crippen LogP contribution in [0.15, 0.2) is 58.1 Å². The van der Waals surface area contributed by atoms with Crippen molar-refractivity contribution in [2.75, 3.05) is 28.7 Å². The van der Waals surface area contributed by atoms with Gasteiger partial charge in [0.2, 0.25) is 17.8 Å². The Labute approximate surface area is 213 Å². The van der Waals surface area contributed by atoms with Crippen LogP contribution in [0, 0.1) is 10.1 Å². The molecule has 3 aromatic rings. The van der Waals surface area contributed by atoms with E-state index in [-0.39, 0.29) is 5.69 Å². The number of hydrazone groups is 1. The van der Waals surface area contributed by atoms with Gasteiger partial charge in [0.25, 0.3) is 5.69 Å². The fourth-order valence-electron chi connectivity index (χ4n) is 3.17. The van der Waals surface area contributed by atoms with Gasteiger partial charge in [0.15, 0.2) is 0 Å². The Bertz CT molecular complexity index is 1130. The molecule has 0 aliphatic heterocycles. The number of benzene rings is 2. The Hall–Kier alpha value is -3.60. The molecule has 0 bridgehead atoms. The molecule has 0 radical (unpaired) electrons. The molecule has 2 N–H and O–H groups in total. The minimum atomic E-state index is -0.435. The Balaban J connectivity index is 1.88. The topological polar surface area (TPSA) is 121 Å². The van der Waals surface area contributed by atoms with Gasteiger partial charge >= 0.3 is 0 Å². The average Bonchev–Trinajstić information content (AvgIpc) is 2.84. The number of non-ortho nitro benzene ring substituents is 1. The third kappa shape index (κ3) is 8.29. The maximum atomic E-state index is 11.0. The zero-order chi connectivity index (χ0) is 25.0. The van der Waals surface area contributed by atoms with E-state index in [0.29, 0.717) is 23.5 Å². The molecule has 35 heavy (non-hydrogen) atoms. The molecule has 1 heterocycles. The van der Waals surface area contributed by atoms with Crippen LogP contribution in [0.25, 0.3) is 0 Å². The first-order valence-electron chi connectivity index (χ1n) is 11.6. The molecule has 0 aliphatic rings. The van der Waals surface area contributed by atoms with Crippen molar-refractivity contribution in [1.29, 1.82) is 0 Å². The van der Waals surface area contributed by atoms with Gasteiger partial charge < -0.3 is 10.2 Å². The first-order valence-corrected chi connectivity index (χ1v) is 12.3. The van der Waals surface area contributed by atoms with Crippen LogP contribution < -0.4 is 15.6 Å². The van der Waals surface area contributed by atoms with Crippen molar-refractivity contribution >= 4 is 51.4 Å². The summed E-state index contributed by atoms with van der Waals surface area (Å²) in [6, 6.07) is 13.9. The molecule has 0 unspecified atom stereocenters. The molecule has 0 saturated heterocycles. The Morgan fingerprint density at radius 1 is 1.03 bits per heavy atom. The Morgan fingerprint density at radius 3 is 2.34 bits per heavy atom. The minimum Gasteiger partial charge on any atom is -0.341 e. The van der Waals surface area contributed by atoms with E-state index >= 15 is 0 Å². The molecule has 1 aromatic heterocycles. The predicted molar refractivity (Wildman–Crippen MR) is 144 cm³/mol. The van der Waals surface area contributed by atoms with Gasteiger partial charge in [-0.15, -0.1) is 0 Å². The van der Waals surface area contributed by atoms with Crippen LogP contribution in [0.4, 0.5) is 29.2 Å². The van der Waals surface area contributed by atoms with Gasteiger partial charge in [0.1, 0.15) is 0 Å². The lowest BCUT2D eigenvalue weighted by molar-refractivity contribution is -0.384. The number of aromatic nitrogens is 3. The van der Waals surface area contributed by atoms with E-state index in [2.05, 4.69) is 65.5 Å². The van der Waals surface area contributed by atoms with Crippen molar-refractivity contribution in [3.63, 3.8) is 0 Å². The maximum absolute atomic E-state index is 11.0. The van der Waals surface area contributed by atoms with Crippen LogP contribution in [0.2, 0.25) is 0 Å². The second-order valence-electron chi connectivity index (χ2n) is 7.83. The van der Waals surface area contributed by atoms with E-state index in [1.165, 1.54) is 12.1 Å². The molecule has 0 saturated carbocycles. The normalized spacial score (nSPS) is 10.9. The summed E-state index contributed by atoms with van der Waals surface area (Å²) >= 11 is 3.45. The number of unbranched alkanes of at least 4 members (excludes halogenated alkanes) is 2. The van der Waals surface area contributed by atoms with Crippen LogP contribution in [-0.2, 0) is 0 Å². The lowest BCUT2D eigenvalue weighted by Gasteiger charge is -2.23. The van der Waals surface area contributed by atoms with E-state index in [1.807, 2.05) is 24.3 Å². The molecule has 0 spiro atoms. The summed E-state index contributed by atoms with van der Waals surface area (Å²) in [6.07, 6.45) is 5.84. The second-order valence-corrected chi connectivity index (χ2v) is 8.75. The molecule has 184 valence electrons. The van der Waals surface area contributed by atoms with Crippen LogP contribution >= 0.6 is 15.9 Å². The molecule has 0 aliphatic carbocycles. The number of nitrogens with one attached hydrogen (secondary N) is 2. The monoisotopic (exact) mass is 540 g/mol. The van der Waals surface area contributed by atoms with E-state index < -0.39 is 4.92 Å². The molecular formula is C24H29BrN8O2. The summed E-state index contributed by atoms with van der Waals surface area (Å²) < 4.78 is 0.959. The summed E-state index contributed by atoms with van der Waals surface area (Å²) in [7, 11) is 0. The zero-order valence-electron chi connectivity index (χ0n) is 19.8. The van der Waals surface area contributed by atoms with E-state index in [9.17, 15) is 10.1 Å². The molecule has 0 fully saturated rings. The largest absolute Gasteiger partial charge is 0.341 e. The lowest BCUT2D eigenvalue weighted by atomic mass is 10.2. The van der Waals surface area contributed by atoms with Gasteiger partial charge in [-0.05, 0) is 42.7 Å². The number of hydrogen-bond donors (Lipinski definition) is 2. The van der Waals surface area contributed by atoms with Crippen molar-refractivity contribution in [3.8, 4) is 0 Å². The first kappa shape index (κ1) is 26.0. The van der Waals surface area contributed by atoms with Gasteiger partial charge in [0.05, 0.1) is 11.1 Å². The number of halogens is 1. The van der Waals surface area contributed by atoms with E-state index in [0.717, 1.165) is 48.8 Å². The fourth-order valence-corrected chi connectivity index (χ4v) is 3.59. The van der Waals surface area contributed by atoms with E-state index in [4.69, 9.17) is 0 Å². The van der Waals surface area contributed by atoms with Crippen LogP contribution in [0.5, 0.6) is 0 Å².